The molecule has 2 unspecified atom stereocenters. The van der Waals surface area contributed by atoms with Crippen molar-refractivity contribution >= 4 is 5.97 Å². The number of hydrogen-bond donors (Lipinski definition) is 0. The fourth-order valence-corrected chi connectivity index (χ4v) is 3.68. The smallest absolute Gasteiger partial charge is 0.340 e. The van der Waals surface area contributed by atoms with Gasteiger partial charge in [-0.2, -0.15) is 0 Å². The molecule has 0 amide bonds. The number of unbranched alkanes of at least 4 members (excludes halogenated alkanes) is 1. The summed E-state index contributed by atoms with van der Waals surface area (Å²) in [5.74, 6) is 1.37. The second kappa shape index (κ2) is 8.88. The summed E-state index contributed by atoms with van der Waals surface area (Å²) >= 11 is 0. The van der Waals surface area contributed by atoms with Crippen molar-refractivity contribution in [3.8, 4) is 0 Å². The molecule has 2 rings (SSSR count). The van der Waals surface area contributed by atoms with E-state index in [-0.39, 0.29) is 5.97 Å². The van der Waals surface area contributed by atoms with Crippen LogP contribution in [0.25, 0.3) is 0 Å². The second-order valence-electron chi connectivity index (χ2n) is 6.90. The number of hydrogen-bond acceptors (Lipinski definition) is 4. The summed E-state index contributed by atoms with van der Waals surface area (Å²) in [4.78, 5) is 11.6. The van der Waals surface area contributed by atoms with Crippen molar-refractivity contribution in [2.75, 3.05) is 26.9 Å². The van der Waals surface area contributed by atoms with Crippen LogP contribution in [0, 0.1) is 11.8 Å². The molecular formula is C18H32O4. The SMILES string of the molecule is CCCCC(COCCCC1(C(=O)OC)CO1)C1CCCC1. The van der Waals surface area contributed by atoms with E-state index in [2.05, 4.69) is 6.92 Å². The lowest BCUT2D eigenvalue weighted by Crippen LogP contribution is -2.26. The summed E-state index contributed by atoms with van der Waals surface area (Å²) < 4.78 is 16.0. The van der Waals surface area contributed by atoms with Crippen LogP contribution in [-0.2, 0) is 19.0 Å². The van der Waals surface area contributed by atoms with Crippen molar-refractivity contribution in [3.05, 3.63) is 0 Å². The minimum Gasteiger partial charge on any atom is -0.467 e. The highest BCUT2D eigenvalue weighted by Gasteiger charge is 2.52. The van der Waals surface area contributed by atoms with Gasteiger partial charge in [-0.05, 0) is 31.1 Å². The summed E-state index contributed by atoms with van der Waals surface area (Å²) in [6.07, 6.45) is 11.0. The molecule has 0 spiro atoms. The van der Waals surface area contributed by atoms with Crippen LogP contribution in [0.3, 0.4) is 0 Å². The number of ether oxygens (including phenoxy) is 3. The van der Waals surface area contributed by atoms with E-state index in [0.29, 0.717) is 13.0 Å². The molecule has 1 saturated heterocycles. The number of carbonyl (C=O) groups is 1. The number of methoxy groups -OCH3 is 1. The molecule has 0 aromatic rings. The molecule has 128 valence electrons. The normalized spacial score (nSPS) is 26.1. The lowest BCUT2D eigenvalue weighted by Gasteiger charge is -2.23. The minimum atomic E-state index is -0.648. The maximum absolute atomic E-state index is 11.6. The minimum absolute atomic E-state index is 0.237. The zero-order valence-electron chi connectivity index (χ0n) is 14.3. The van der Waals surface area contributed by atoms with Crippen LogP contribution in [0.4, 0.5) is 0 Å². The first kappa shape index (κ1) is 17.7. The number of esters is 1. The zero-order valence-corrected chi connectivity index (χ0v) is 14.3. The predicted octanol–water partition coefficient (Wildman–Crippen LogP) is 3.72. The molecule has 2 aliphatic rings. The summed E-state index contributed by atoms with van der Waals surface area (Å²) in [5, 5.41) is 0. The topological polar surface area (TPSA) is 48.1 Å². The quantitative estimate of drug-likeness (QED) is 0.331. The summed E-state index contributed by atoms with van der Waals surface area (Å²) in [6.45, 7) is 4.36. The van der Waals surface area contributed by atoms with E-state index in [0.717, 1.165) is 31.5 Å². The van der Waals surface area contributed by atoms with Crippen molar-refractivity contribution < 1.29 is 19.0 Å². The van der Waals surface area contributed by atoms with E-state index in [1.807, 2.05) is 0 Å². The Bertz CT molecular complexity index is 332. The van der Waals surface area contributed by atoms with E-state index in [4.69, 9.17) is 14.2 Å². The largest absolute Gasteiger partial charge is 0.467 e. The van der Waals surface area contributed by atoms with Crippen LogP contribution >= 0.6 is 0 Å². The van der Waals surface area contributed by atoms with Crippen molar-refractivity contribution in [3.63, 3.8) is 0 Å². The van der Waals surface area contributed by atoms with Crippen molar-refractivity contribution in [2.24, 2.45) is 11.8 Å². The highest BCUT2D eigenvalue weighted by atomic mass is 16.6. The van der Waals surface area contributed by atoms with Gasteiger partial charge in [-0.1, -0.05) is 45.4 Å². The van der Waals surface area contributed by atoms with Crippen LogP contribution in [0.1, 0.15) is 64.7 Å². The van der Waals surface area contributed by atoms with Crippen molar-refractivity contribution in [1.82, 2.24) is 0 Å². The van der Waals surface area contributed by atoms with Crippen LogP contribution in [0.2, 0.25) is 0 Å². The predicted molar refractivity (Wildman–Crippen MR) is 85.7 cm³/mol. The van der Waals surface area contributed by atoms with Gasteiger partial charge in [0.15, 0.2) is 5.60 Å². The highest BCUT2D eigenvalue weighted by molar-refractivity contribution is 5.82. The van der Waals surface area contributed by atoms with Gasteiger partial charge in [0.05, 0.1) is 13.7 Å². The van der Waals surface area contributed by atoms with Gasteiger partial charge in [0.2, 0.25) is 0 Å². The van der Waals surface area contributed by atoms with Crippen molar-refractivity contribution in [1.29, 1.82) is 0 Å². The van der Waals surface area contributed by atoms with E-state index >= 15 is 0 Å². The molecule has 1 heterocycles. The van der Waals surface area contributed by atoms with Crippen LogP contribution < -0.4 is 0 Å². The third-order valence-corrected chi connectivity index (χ3v) is 5.25. The van der Waals surface area contributed by atoms with Crippen LogP contribution in [0.15, 0.2) is 0 Å². The lowest BCUT2D eigenvalue weighted by atomic mass is 9.87. The first-order chi connectivity index (χ1) is 10.7. The molecule has 1 saturated carbocycles. The average Bonchev–Trinajstić information content (AvgIpc) is 3.13. The molecule has 0 N–H and O–H groups in total. The van der Waals surface area contributed by atoms with Gasteiger partial charge < -0.3 is 14.2 Å². The Morgan fingerprint density at radius 2 is 2.05 bits per heavy atom. The van der Waals surface area contributed by atoms with Crippen molar-refractivity contribution in [2.45, 2.75) is 70.3 Å². The summed E-state index contributed by atoms with van der Waals surface area (Å²) in [7, 11) is 1.42. The molecule has 4 heteroatoms. The maximum atomic E-state index is 11.6. The van der Waals surface area contributed by atoms with Gasteiger partial charge in [-0.25, -0.2) is 4.79 Å². The number of rotatable bonds is 11. The summed E-state index contributed by atoms with van der Waals surface area (Å²) in [5.41, 5.74) is -0.648. The Morgan fingerprint density at radius 1 is 1.32 bits per heavy atom. The molecular weight excluding hydrogens is 280 g/mol. The Balaban J connectivity index is 1.62. The Kier molecular flexibility index (Phi) is 7.16. The number of carbonyl (C=O) groups excluding carboxylic acids is 1. The van der Waals surface area contributed by atoms with Gasteiger partial charge in [0.1, 0.15) is 0 Å². The van der Waals surface area contributed by atoms with Gasteiger partial charge in [0, 0.05) is 13.2 Å². The highest BCUT2D eigenvalue weighted by Crippen LogP contribution is 2.35. The standard InChI is InChI=1S/C18H32O4/c1-3-4-8-16(15-9-5-6-10-15)13-21-12-7-11-18(14-22-18)17(19)20-2/h15-16H,3-14H2,1-2H3. The van der Waals surface area contributed by atoms with Crippen LogP contribution in [-0.4, -0.2) is 38.5 Å². The van der Waals surface area contributed by atoms with E-state index in [9.17, 15) is 4.79 Å². The average molecular weight is 312 g/mol. The molecule has 1 aliphatic carbocycles. The monoisotopic (exact) mass is 312 g/mol. The van der Waals surface area contributed by atoms with E-state index < -0.39 is 5.60 Å². The third kappa shape index (κ3) is 4.95. The molecule has 0 aromatic heterocycles. The molecule has 0 bridgehead atoms. The number of epoxide rings is 1. The fourth-order valence-electron chi connectivity index (χ4n) is 3.68. The zero-order chi connectivity index (χ0) is 15.8. The van der Waals surface area contributed by atoms with E-state index in [1.165, 1.54) is 52.1 Å². The fraction of sp³-hybridized carbons (Fsp3) is 0.944. The van der Waals surface area contributed by atoms with Gasteiger partial charge in [-0.3, -0.25) is 0 Å². The molecule has 4 nitrogen and oxygen atoms in total. The van der Waals surface area contributed by atoms with Gasteiger partial charge in [-0.15, -0.1) is 0 Å². The third-order valence-electron chi connectivity index (χ3n) is 5.25. The summed E-state index contributed by atoms with van der Waals surface area (Å²) in [6, 6.07) is 0. The molecule has 2 fully saturated rings. The first-order valence-corrected chi connectivity index (χ1v) is 9.02. The first-order valence-electron chi connectivity index (χ1n) is 9.02. The van der Waals surface area contributed by atoms with E-state index in [1.54, 1.807) is 0 Å². The Morgan fingerprint density at radius 3 is 2.64 bits per heavy atom. The Labute approximate surface area is 134 Å². The maximum Gasteiger partial charge on any atom is 0.340 e. The molecule has 0 aromatic carbocycles. The van der Waals surface area contributed by atoms with Crippen LogP contribution in [0.5, 0.6) is 0 Å². The second-order valence-corrected chi connectivity index (χ2v) is 6.90. The molecule has 22 heavy (non-hydrogen) atoms. The molecule has 1 aliphatic heterocycles. The van der Waals surface area contributed by atoms with Gasteiger partial charge >= 0.3 is 5.97 Å². The molecule has 2 atom stereocenters. The lowest BCUT2D eigenvalue weighted by molar-refractivity contribution is -0.147. The van der Waals surface area contributed by atoms with Gasteiger partial charge in [0.25, 0.3) is 0 Å². The molecule has 0 radical (unpaired) electrons. The Hall–Kier alpha value is -0.610.